The fourth-order valence-corrected chi connectivity index (χ4v) is 3.82. The number of anilines is 1. The fraction of sp³-hybridized carbons (Fsp3) is 0.611. The minimum absolute atomic E-state index is 0.0497. The number of carbonyl (C=O) groups excluding carboxylic acids is 1. The highest BCUT2D eigenvalue weighted by Crippen LogP contribution is 2.34. The predicted molar refractivity (Wildman–Crippen MR) is 86.7 cm³/mol. The quantitative estimate of drug-likeness (QED) is 0.926. The van der Waals surface area contributed by atoms with Crippen molar-refractivity contribution in [3.05, 3.63) is 29.3 Å². The summed E-state index contributed by atoms with van der Waals surface area (Å²) in [4.78, 5) is 14.1. The highest BCUT2D eigenvalue weighted by molar-refractivity contribution is 5.79. The van der Waals surface area contributed by atoms with E-state index in [1.54, 1.807) is 0 Å². The van der Waals surface area contributed by atoms with Crippen molar-refractivity contribution >= 4 is 11.6 Å². The zero-order chi connectivity index (χ0) is 15.0. The van der Waals surface area contributed by atoms with Crippen molar-refractivity contribution in [3.8, 4) is 0 Å². The van der Waals surface area contributed by atoms with Gasteiger partial charge in [0.05, 0.1) is 0 Å². The number of aryl methyl sites for hydroxylation is 1. The van der Waals surface area contributed by atoms with Gasteiger partial charge in [-0.05, 0) is 48.8 Å². The molecule has 0 saturated carbocycles. The van der Waals surface area contributed by atoms with Crippen molar-refractivity contribution in [2.45, 2.75) is 51.5 Å². The Bertz CT molecular complexity index is 552. The van der Waals surface area contributed by atoms with Crippen LogP contribution < -0.4 is 10.2 Å². The Morgan fingerprint density at radius 3 is 2.81 bits per heavy atom. The van der Waals surface area contributed by atoms with E-state index in [1.807, 2.05) is 0 Å². The lowest BCUT2D eigenvalue weighted by Crippen LogP contribution is -2.48. The Morgan fingerprint density at radius 2 is 2.14 bits per heavy atom. The maximum Gasteiger partial charge on any atom is 0.220 e. The van der Waals surface area contributed by atoms with E-state index >= 15 is 0 Å². The summed E-state index contributed by atoms with van der Waals surface area (Å²) >= 11 is 0. The Morgan fingerprint density at radius 1 is 1.33 bits per heavy atom. The first-order chi connectivity index (χ1) is 10.00. The number of hydrogen-bond acceptors (Lipinski definition) is 2. The van der Waals surface area contributed by atoms with E-state index in [-0.39, 0.29) is 11.4 Å². The maximum absolute atomic E-state index is 11.7. The number of rotatable bonds is 3. The first kappa shape index (κ1) is 14.4. The minimum atomic E-state index is -0.0497. The Hall–Kier alpha value is -1.51. The number of hydrogen-bond donors (Lipinski definition) is 1. The molecule has 0 spiro atoms. The van der Waals surface area contributed by atoms with Crippen molar-refractivity contribution in [2.24, 2.45) is 5.92 Å². The highest BCUT2D eigenvalue weighted by atomic mass is 16.2. The summed E-state index contributed by atoms with van der Waals surface area (Å²) < 4.78 is 0. The summed E-state index contributed by atoms with van der Waals surface area (Å²) in [5.74, 6) is 0.670. The molecule has 0 radical (unpaired) electrons. The summed E-state index contributed by atoms with van der Waals surface area (Å²) in [7, 11) is 2.17. The first-order valence-electron chi connectivity index (χ1n) is 8.14. The first-order valence-corrected chi connectivity index (χ1v) is 8.14. The Labute approximate surface area is 127 Å². The zero-order valence-electron chi connectivity index (χ0n) is 13.4. The van der Waals surface area contributed by atoms with E-state index in [9.17, 15) is 4.79 Å². The van der Waals surface area contributed by atoms with Crippen molar-refractivity contribution in [1.29, 1.82) is 0 Å². The molecular formula is C18H26N2O. The van der Waals surface area contributed by atoms with Crippen LogP contribution in [-0.2, 0) is 17.6 Å². The lowest BCUT2D eigenvalue weighted by atomic mass is 9.79. The van der Waals surface area contributed by atoms with E-state index in [4.69, 9.17) is 0 Å². The van der Waals surface area contributed by atoms with Crippen LogP contribution in [0.2, 0.25) is 0 Å². The molecule has 2 heterocycles. The van der Waals surface area contributed by atoms with Crippen LogP contribution in [0.1, 0.15) is 44.2 Å². The number of benzene rings is 1. The molecule has 1 aromatic carbocycles. The van der Waals surface area contributed by atoms with Gasteiger partial charge in [0.2, 0.25) is 5.91 Å². The number of fused-ring (bicyclic) bond motifs is 1. The largest absolute Gasteiger partial charge is 0.374 e. The summed E-state index contributed by atoms with van der Waals surface area (Å²) in [6.07, 6.45) is 4.99. The van der Waals surface area contributed by atoms with Gasteiger partial charge in [-0.3, -0.25) is 4.79 Å². The second-order valence-electron chi connectivity index (χ2n) is 7.02. The smallest absolute Gasteiger partial charge is 0.220 e. The molecule has 0 aromatic heterocycles. The van der Waals surface area contributed by atoms with Crippen LogP contribution in [-0.4, -0.2) is 25.0 Å². The van der Waals surface area contributed by atoms with Gasteiger partial charge in [-0.1, -0.05) is 26.0 Å². The molecule has 1 unspecified atom stereocenters. The van der Waals surface area contributed by atoms with Gasteiger partial charge in [0.15, 0.2) is 0 Å². The van der Waals surface area contributed by atoms with Gasteiger partial charge < -0.3 is 10.2 Å². The molecule has 1 aromatic rings. The van der Waals surface area contributed by atoms with Gasteiger partial charge in [-0.2, -0.15) is 0 Å². The van der Waals surface area contributed by atoms with E-state index in [1.165, 1.54) is 29.7 Å². The van der Waals surface area contributed by atoms with Crippen LogP contribution in [0.15, 0.2) is 18.2 Å². The topological polar surface area (TPSA) is 32.3 Å². The molecule has 1 N–H and O–H groups in total. The molecule has 3 heteroatoms. The molecule has 1 atom stereocenters. The molecule has 3 rings (SSSR count). The van der Waals surface area contributed by atoms with Gasteiger partial charge in [-0.15, -0.1) is 0 Å². The third kappa shape index (κ3) is 2.66. The average molecular weight is 286 g/mol. The summed E-state index contributed by atoms with van der Waals surface area (Å²) in [6, 6.07) is 6.86. The lowest BCUT2D eigenvalue weighted by molar-refractivity contribution is -0.120. The van der Waals surface area contributed by atoms with Crippen LogP contribution in [0.5, 0.6) is 0 Å². The van der Waals surface area contributed by atoms with Gasteiger partial charge in [0.1, 0.15) is 0 Å². The van der Waals surface area contributed by atoms with Crippen LogP contribution >= 0.6 is 0 Å². The van der Waals surface area contributed by atoms with E-state index in [0.29, 0.717) is 12.3 Å². The van der Waals surface area contributed by atoms with Gasteiger partial charge in [0.25, 0.3) is 0 Å². The third-order valence-electron chi connectivity index (χ3n) is 5.31. The standard InChI is InChI=1S/C18H26N2O/c1-13(2)18(9-8-17(21)19-18)12-14-6-7-16-15(11-14)5-4-10-20(16)3/h6-7,11,13H,4-5,8-10,12H2,1-3H3,(H,19,21). The molecule has 2 aliphatic rings. The SMILES string of the molecule is CC(C)C1(Cc2ccc3c(c2)CCCN3C)CCC(=O)N1. The molecular weight excluding hydrogens is 260 g/mol. The monoisotopic (exact) mass is 286 g/mol. The van der Waals surface area contributed by atoms with Gasteiger partial charge >= 0.3 is 0 Å². The number of nitrogens with zero attached hydrogens (tertiary/aromatic N) is 1. The second-order valence-corrected chi connectivity index (χ2v) is 7.02. The summed E-state index contributed by atoms with van der Waals surface area (Å²) in [5.41, 5.74) is 4.15. The van der Waals surface area contributed by atoms with Gasteiger partial charge in [0, 0.05) is 31.2 Å². The lowest BCUT2D eigenvalue weighted by Gasteiger charge is -2.34. The third-order valence-corrected chi connectivity index (χ3v) is 5.31. The number of carbonyl (C=O) groups is 1. The fourth-order valence-electron chi connectivity index (χ4n) is 3.82. The maximum atomic E-state index is 11.7. The van der Waals surface area contributed by atoms with Crippen LogP contribution in [0, 0.1) is 5.92 Å². The van der Waals surface area contributed by atoms with Crippen molar-refractivity contribution in [1.82, 2.24) is 5.32 Å². The molecule has 21 heavy (non-hydrogen) atoms. The predicted octanol–water partition coefficient (Wildman–Crippen LogP) is 2.92. The van der Waals surface area contributed by atoms with Crippen LogP contribution in [0.4, 0.5) is 5.69 Å². The average Bonchev–Trinajstić information content (AvgIpc) is 2.81. The molecule has 3 nitrogen and oxygen atoms in total. The normalized spacial score (nSPS) is 25.1. The Balaban J connectivity index is 1.86. The molecule has 2 aliphatic heterocycles. The number of nitrogens with one attached hydrogen (secondary N) is 1. The molecule has 0 aliphatic carbocycles. The molecule has 0 bridgehead atoms. The zero-order valence-corrected chi connectivity index (χ0v) is 13.4. The van der Waals surface area contributed by atoms with Gasteiger partial charge in [-0.25, -0.2) is 0 Å². The Kier molecular flexibility index (Phi) is 3.68. The highest BCUT2D eigenvalue weighted by Gasteiger charge is 2.40. The van der Waals surface area contributed by atoms with Crippen molar-refractivity contribution in [3.63, 3.8) is 0 Å². The molecule has 1 fully saturated rings. The molecule has 1 saturated heterocycles. The van der Waals surface area contributed by atoms with Crippen LogP contribution in [0.3, 0.4) is 0 Å². The number of amides is 1. The van der Waals surface area contributed by atoms with E-state index in [0.717, 1.165) is 19.4 Å². The van der Waals surface area contributed by atoms with E-state index < -0.39 is 0 Å². The van der Waals surface area contributed by atoms with Crippen LogP contribution in [0.25, 0.3) is 0 Å². The van der Waals surface area contributed by atoms with E-state index in [2.05, 4.69) is 49.3 Å². The van der Waals surface area contributed by atoms with Crippen molar-refractivity contribution < 1.29 is 4.79 Å². The minimum Gasteiger partial charge on any atom is -0.374 e. The second kappa shape index (κ2) is 5.36. The summed E-state index contributed by atoms with van der Waals surface area (Å²) in [5, 5.41) is 3.25. The van der Waals surface area contributed by atoms with Crippen molar-refractivity contribution in [2.75, 3.05) is 18.5 Å². The molecule has 114 valence electrons. The summed E-state index contributed by atoms with van der Waals surface area (Å²) in [6.45, 7) is 5.59. The molecule has 1 amide bonds.